The van der Waals surface area contributed by atoms with Crippen LogP contribution in [-0.4, -0.2) is 0 Å². The Bertz CT molecular complexity index is 321. The van der Waals surface area contributed by atoms with Crippen LogP contribution in [0.25, 0.3) is 0 Å². The zero-order chi connectivity index (χ0) is 8.55. The number of hydrogen-bond acceptors (Lipinski definition) is 0. The number of fused-ring (bicyclic) bond motifs is 1. The van der Waals surface area contributed by atoms with Gasteiger partial charge in [0.25, 0.3) is 0 Å². The van der Waals surface area contributed by atoms with Gasteiger partial charge in [0, 0.05) is 5.92 Å². The number of hydrogen-bond donors (Lipinski definition) is 0. The van der Waals surface area contributed by atoms with Gasteiger partial charge < -0.3 is 0 Å². The average Bonchev–Trinajstić information content (AvgIpc) is 2.05. The average molecular weight is 227 g/mol. The molecular weight excluding hydrogens is 219 g/mol. The first-order valence-electron chi connectivity index (χ1n) is 3.87. The van der Waals surface area contributed by atoms with Crippen molar-refractivity contribution in [2.24, 2.45) is 5.92 Å². The molecule has 2 heteroatoms. The Balaban J connectivity index is 2.35. The maximum absolute atomic E-state index is 12.8. The summed E-state index contributed by atoms with van der Waals surface area (Å²) in [6.45, 7) is 0. The summed E-state index contributed by atoms with van der Waals surface area (Å²) in [5, 5.41) is 0. The molecular formula is C10H8BrF. The lowest BCUT2D eigenvalue weighted by molar-refractivity contribution is 0.645. The highest BCUT2D eigenvalue weighted by atomic mass is 79.9. The van der Waals surface area contributed by atoms with Gasteiger partial charge in [-0.3, -0.25) is 0 Å². The predicted octanol–water partition coefficient (Wildman–Crippen LogP) is 3.63. The molecule has 0 radical (unpaired) electrons. The zero-order valence-corrected chi connectivity index (χ0v) is 8.01. The van der Waals surface area contributed by atoms with Crippen molar-refractivity contribution in [3.05, 3.63) is 46.3 Å². The Hall–Kier alpha value is -0.630. The van der Waals surface area contributed by atoms with Gasteiger partial charge in [0.15, 0.2) is 0 Å². The fourth-order valence-electron chi connectivity index (χ4n) is 1.46. The van der Waals surface area contributed by atoms with E-state index in [9.17, 15) is 4.39 Å². The normalized spacial score (nSPS) is 27.2. The first kappa shape index (κ1) is 7.99. The molecule has 0 bridgehead atoms. The van der Waals surface area contributed by atoms with Crippen LogP contribution in [0.2, 0.25) is 0 Å². The van der Waals surface area contributed by atoms with Crippen molar-refractivity contribution in [3.8, 4) is 0 Å². The van der Waals surface area contributed by atoms with Crippen LogP contribution in [0.4, 0.5) is 4.39 Å². The van der Waals surface area contributed by atoms with E-state index >= 15 is 0 Å². The lowest BCUT2D eigenvalue weighted by Crippen LogP contribution is -2.05. The molecule has 0 aromatic carbocycles. The van der Waals surface area contributed by atoms with E-state index in [0.717, 1.165) is 12.0 Å². The van der Waals surface area contributed by atoms with Gasteiger partial charge in [0.05, 0.1) is 0 Å². The largest absolute Gasteiger partial charge is 0.207 e. The Morgan fingerprint density at radius 3 is 3.08 bits per heavy atom. The van der Waals surface area contributed by atoms with Crippen molar-refractivity contribution in [2.45, 2.75) is 6.42 Å². The fraction of sp³-hybridized carbons (Fsp3) is 0.200. The number of allylic oxidation sites excluding steroid dienone is 8. The van der Waals surface area contributed by atoms with Gasteiger partial charge in [0.1, 0.15) is 5.83 Å². The monoisotopic (exact) mass is 226 g/mol. The topological polar surface area (TPSA) is 0 Å². The Morgan fingerprint density at radius 2 is 2.25 bits per heavy atom. The Kier molecular flexibility index (Phi) is 2.01. The van der Waals surface area contributed by atoms with Crippen molar-refractivity contribution >= 4 is 15.9 Å². The molecule has 0 aromatic heterocycles. The molecule has 0 saturated carbocycles. The van der Waals surface area contributed by atoms with Gasteiger partial charge >= 0.3 is 0 Å². The third-order valence-electron chi connectivity index (χ3n) is 2.09. The van der Waals surface area contributed by atoms with Crippen molar-refractivity contribution in [1.82, 2.24) is 0 Å². The summed E-state index contributed by atoms with van der Waals surface area (Å²) in [6, 6.07) is 0. The molecule has 0 aliphatic heterocycles. The molecule has 0 amide bonds. The molecule has 0 N–H and O–H groups in total. The van der Waals surface area contributed by atoms with Gasteiger partial charge in [-0.05, 0) is 28.6 Å². The van der Waals surface area contributed by atoms with Crippen LogP contribution in [0.3, 0.4) is 0 Å². The van der Waals surface area contributed by atoms with Crippen LogP contribution >= 0.6 is 15.9 Å². The number of halogens is 2. The van der Waals surface area contributed by atoms with Crippen molar-refractivity contribution < 1.29 is 4.39 Å². The van der Waals surface area contributed by atoms with Crippen LogP contribution in [-0.2, 0) is 0 Å². The van der Waals surface area contributed by atoms with E-state index in [1.165, 1.54) is 10.6 Å². The first-order chi connectivity index (χ1) is 5.75. The quantitative estimate of drug-likeness (QED) is 0.592. The van der Waals surface area contributed by atoms with Gasteiger partial charge in [-0.2, -0.15) is 0 Å². The van der Waals surface area contributed by atoms with E-state index in [-0.39, 0.29) is 5.83 Å². The first-order valence-corrected chi connectivity index (χ1v) is 4.66. The Morgan fingerprint density at radius 1 is 1.42 bits per heavy atom. The highest BCUT2D eigenvalue weighted by molar-refractivity contribution is 9.11. The SMILES string of the molecule is FC1=CC2=CC=C(Br)CC2C=C1. The molecule has 0 nitrogen and oxygen atoms in total. The number of rotatable bonds is 0. The van der Waals surface area contributed by atoms with Gasteiger partial charge in [-0.1, -0.05) is 34.2 Å². The molecule has 2 aliphatic carbocycles. The second-order valence-corrected chi connectivity index (χ2v) is 4.00. The summed E-state index contributed by atoms with van der Waals surface area (Å²) in [5.41, 5.74) is 1.07. The molecule has 62 valence electrons. The lowest BCUT2D eigenvalue weighted by atomic mass is 9.88. The minimum Gasteiger partial charge on any atom is -0.207 e. The van der Waals surface area contributed by atoms with Crippen LogP contribution in [0.1, 0.15) is 6.42 Å². The van der Waals surface area contributed by atoms with E-state index in [2.05, 4.69) is 15.9 Å². The highest BCUT2D eigenvalue weighted by Crippen LogP contribution is 2.33. The predicted molar refractivity (Wildman–Crippen MR) is 51.5 cm³/mol. The molecule has 0 heterocycles. The minimum atomic E-state index is -0.149. The third-order valence-corrected chi connectivity index (χ3v) is 2.68. The molecule has 0 saturated heterocycles. The van der Waals surface area contributed by atoms with E-state index < -0.39 is 0 Å². The summed E-state index contributed by atoms with van der Waals surface area (Å²) in [4.78, 5) is 0. The summed E-state index contributed by atoms with van der Waals surface area (Å²) < 4.78 is 13.9. The maximum Gasteiger partial charge on any atom is 0.123 e. The summed E-state index contributed by atoms with van der Waals surface area (Å²) in [6.07, 6.45) is 9.94. The summed E-state index contributed by atoms with van der Waals surface area (Å²) in [7, 11) is 0. The smallest absolute Gasteiger partial charge is 0.123 e. The molecule has 2 rings (SSSR count). The molecule has 1 atom stereocenters. The van der Waals surface area contributed by atoms with Crippen LogP contribution in [0, 0.1) is 5.92 Å². The van der Waals surface area contributed by atoms with Gasteiger partial charge in [-0.15, -0.1) is 0 Å². The second kappa shape index (κ2) is 3.02. The van der Waals surface area contributed by atoms with E-state index in [1.54, 1.807) is 6.08 Å². The summed E-state index contributed by atoms with van der Waals surface area (Å²) >= 11 is 3.43. The van der Waals surface area contributed by atoms with Crippen LogP contribution < -0.4 is 0 Å². The van der Waals surface area contributed by atoms with Crippen molar-refractivity contribution in [2.75, 3.05) is 0 Å². The van der Waals surface area contributed by atoms with Crippen LogP contribution in [0.15, 0.2) is 46.3 Å². The molecule has 0 spiro atoms. The van der Waals surface area contributed by atoms with Gasteiger partial charge in [-0.25, -0.2) is 4.39 Å². The second-order valence-electron chi connectivity index (χ2n) is 2.98. The van der Waals surface area contributed by atoms with Crippen molar-refractivity contribution in [3.63, 3.8) is 0 Å². The Labute approximate surface area is 79.3 Å². The molecule has 0 fully saturated rings. The summed E-state index contributed by atoms with van der Waals surface area (Å²) in [5.74, 6) is 0.216. The lowest BCUT2D eigenvalue weighted by Gasteiger charge is -2.20. The molecule has 12 heavy (non-hydrogen) atoms. The van der Waals surface area contributed by atoms with E-state index in [4.69, 9.17) is 0 Å². The minimum absolute atomic E-state index is 0.149. The van der Waals surface area contributed by atoms with E-state index in [1.807, 2.05) is 18.2 Å². The molecule has 0 aromatic rings. The van der Waals surface area contributed by atoms with Crippen LogP contribution in [0.5, 0.6) is 0 Å². The molecule has 2 aliphatic rings. The third kappa shape index (κ3) is 1.44. The molecule has 1 unspecified atom stereocenters. The maximum atomic E-state index is 12.8. The zero-order valence-electron chi connectivity index (χ0n) is 6.43. The van der Waals surface area contributed by atoms with Gasteiger partial charge in [0.2, 0.25) is 0 Å². The van der Waals surface area contributed by atoms with E-state index in [0.29, 0.717) is 5.92 Å². The standard InChI is InChI=1S/C10H8BrF/c11-9-3-1-8-6-10(12)4-2-7(8)5-9/h1-4,6-7H,5H2. The fourth-order valence-corrected chi connectivity index (χ4v) is 1.94. The van der Waals surface area contributed by atoms with Crippen molar-refractivity contribution in [1.29, 1.82) is 0 Å². The highest BCUT2D eigenvalue weighted by Gasteiger charge is 2.17.